The predicted molar refractivity (Wildman–Crippen MR) is 79.8 cm³/mol. The van der Waals surface area contributed by atoms with Gasteiger partial charge in [-0.3, -0.25) is 0 Å². The normalized spacial score (nSPS) is 22.0. The molecule has 120 valence electrons. The number of aliphatic hydroxyl groups is 1. The maximum atomic E-state index is 13.3. The van der Waals surface area contributed by atoms with Gasteiger partial charge in [-0.05, 0) is 51.3 Å². The van der Waals surface area contributed by atoms with Crippen molar-refractivity contribution in [3.8, 4) is 0 Å². The maximum absolute atomic E-state index is 13.3. The third kappa shape index (κ3) is 2.70. The Labute approximate surface area is 129 Å². The largest absolute Gasteiger partial charge is 0.444 e. The number of rotatable bonds is 1. The first kappa shape index (κ1) is 15.3. The highest BCUT2D eigenvalue weighted by atomic mass is 19.1. The van der Waals surface area contributed by atoms with Crippen molar-refractivity contribution in [3.63, 3.8) is 0 Å². The number of carbonyl (C=O) groups is 1. The molecule has 1 amide bonds. The third-order valence-electron chi connectivity index (χ3n) is 4.40. The molecule has 22 heavy (non-hydrogen) atoms. The molecule has 4 nitrogen and oxygen atoms in total. The van der Waals surface area contributed by atoms with Crippen molar-refractivity contribution in [3.05, 3.63) is 35.6 Å². The molecule has 3 rings (SSSR count). The highest BCUT2D eigenvalue weighted by Gasteiger charge is 2.61. The maximum Gasteiger partial charge on any atom is 0.410 e. The summed E-state index contributed by atoms with van der Waals surface area (Å²) in [5.41, 5.74) is -0.893. The molecule has 1 saturated heterocycles. The molecule has 1 aromatic rings. The molecular formula is C17H22FNO3. The summed E-state index contributed by atoms with van der Waals surface area (Å²) in [6.45, 7) is 6.71. The predicted octanol–water partition coefficient (Wildman–Crippen LogP) is 3.04. The fourth-order valence-electron chi connectivity index (χ4n) is 3.61. The molecule has 0 aromatic heterocycles. The van der Waals surface area contributed by atoms with Gasteiger partial charge >= 0.3 is 6.09 Å². The first-order valence-corrected chi connectivity index (χ1v) is 7.57. The zero-order chi connectivity index (χ0) is 16.2. The molecule has 1 N–H and O–H groups in total. The summed E-state index contributed by atoms with van der Waals surface area (Å²) in [4.78, 5) is 13.6. The Morgan fingerprint density at radius 2 is 1.95 bits per heavy atom. The van der Waals surface area contributed by atoms with Crippen LogP contribution in [0.15, 0.2) is 24.3 Å². The van der Waals surface area contributed by atoms with Gasteiger partial charge in [0.2, 0.25) is 0 Å². The Hall–Kier alpha value is -1.62. The number of hydrogen-bond donors (Lipinski definition) is 1. The van der Waals surface area contributed by atoms with Gasteiger partial charge in [-0.1, -0.05) is 12.1 Å². The molecule has 1 aromatic carbocycles. The lowest BCUT2D eigenvalue weighted by Gasteiger charge is -2.62. The fraction of sp³-hybridized carbons (Fsp3) is 0.588. The quantitative estimate of drug-likeness (QED) is 0.867. The van der Waals surface area contributed by atoms with E-state index in [9.17, 15) is 14.3 Å². The molecule has 0 bridgehead atoms. The molecule has 1 heterocycles. The van der Waals surface area contributed by atoms with E-state index in [4.69, 9.17) is 4.74 Å². The molecule has 1 aliphatic carbocycles. The fourth-order valence-corrected chi connectivity index (χ4v) is 3.61. The number of likely N-dealkylation sites (tertiary alicyclic amines) is 1. The number of halogens is 1. The molecular weight excluding hydrogens is 285 g/mol. The Balaban J connectivity index is 1.58. The number of carbonyl (C=O) groups excluding carboxylic acids is 1. The van der Waals surface area contributed by atoms with Crippen LogP contribution in [0.3, 0.4) is 0 Å². The van der Waals surface area contributed by atoms with E-state index in [-0.39, 0.29) is 17.3 Å². The zero-order valence-corrected chi connectivity index (χ0v) is 13.2. The molecule has 0 radical (unpaired) electrons. The van der Waals surface area contributed by atoms with Crippen molar-refractivity contribution >= 4 is 6.09 Å². The van der Waals surface area contributed by atoms with Gasteiger partial charge in [0.25, 0.3) is 0 Å². The zero-order valence-electron chi connectivity index (χ0n) is 13.2. The van der Waals surface area contributed by atoms with Crippen molar-refractivity contribution in [2.45, 2.75) is 44.8 Å². The summed E-state index contributed by atoms with van der Waals surface area (Å²) in [5.74, 6) is -0.337. The van der Waals surface area contributed by atoms with Crippen LogP contribution in [0.25, 0.3) is 0 Å². The van der Waals surface area contributed by atoms with Gasteiger partial charge in [-0.25, -0.2) is 9.18 Å². The van der Waals surface area contributed by atoms with Gasteiger partial charge in [0.1, 0.15) is 11.4 Å². The first-order chi connectivity index (χ1) is 10.1. The Kier molecular flexibility index (Phi) is 3.25. The van der Waals surface area contributed by atoms with Crippen molar-refractivity contribution < 1.29 is 19.0 Å². The minimum Gasteiger partial charge on any atom is -0.444 e. The van der Waals surface area contributed by atoms with E-state index >= 15 is 0 Å². The van der Waals surface area contributed by atoms with Gasteiger partial charge in [-0.15, -0.1) is 0 Å². The molecule has 1 saturated carbocycles. The SMILES string of the molecule is CC(C)(C)OC(=O)N1CC2(C1)CC(O)(c1cccc(F)c1)C2. The average molecular weight is 307 g/mol. The van der Waals surface area contributed by atoms with Crippen LogP contribution in [0.1, 0.15) is 39.2 Å². The van der Waals surface area contributed by atoms with Gasteiger partial charge in [0, 0.05) is 18.5 Å². The van der Waals surface area contributed by atoms with E-state index in [1.807, 2.05) is 20.8 Å². The van der Waals surface area contributed by atoms with Crippen molar-refractivity contribution in [2.24, 2.45) is 5.41 Å². The van der Waals surface area contributed by atoms with Crippen LogP contribution in [0.4, 0.5) is 9.18 Å². The second-order valence-electron chi connectivity index (χ2n) is 7.73. The van der Waals surface area contributed by atoms with Gasteiger partial charge < -0.3 is 14.7 Å². The van der Waals surface area contributed by atoms with E-state index in [0.29, 0.717) is 31.5 Å². The molecule has 2 fully saturated rings. The Morgan fingerprint density at radius 3 is 2.50 bits per heavy atom. The molecule has 1 spiro atoms. The highest BCUT2D eigenvalue weighted by molar-refractivity contribution is 5.69. The summed E-state index contributed by atoms with van der Waals surface area (Å²) >= 11 is 0. The van der Waals surface area contributed by atoms with E-state index in [2.05, 4.69) is 0 Å². The van der Waals surface area contributed by atoms with Gasteiger partial charge in [0.05, 0.1) is 5.60 Å². The van der Waals surface area contributed by atoms with E-state index in [1.54, 1.807) is 17.0 Å². The van der Waals surface area contributed by atoms with Crippen LogP contribution in [0.2, 0.25) is 0 Å². The van der Waals surface area contributed by atoms with E-state index < -0.39 is 11.2 Å². The average Bonchev–Trinajstić information content (AvgIpc) is 2.29. The van der Waals surface area contributed by atoms with Crippen LogP contribution in [-0.2, 0) is 10.3 Å². The van der Waals surface area contributed by atoms with E-state index in [0.717, 1.165) is 0 Å². The third-order valence-corrected chi connectivity index (χ3v) is 4.40. The number of nitrogens with zero attached hydrogens (tertiary/aromatic N) is 1. The summed E-state index contributed by atoms with van der Waals surface area (Å²) in [5, 5.41) is 10.6. The minimum absolute atomic E-state index is 0.0437. The number of ether oxygens (including phenoxy) is 1. The van der Waals surface area contributed by atoms with Crippen LogP contribution >= 0.6 is 0 Å². The second-order valence-corrected chi connectivity index (χ2v) is 7.73. The lowest BCUT2D eigenvalue weighted by atomic mass is 9.53. The summed E-state index contributed by atoms with van der Waals surface area (Å²) in [7, 11) is 0. The summed E-state index contributed by atoms with van der Waals surface area (Å²) < 4.78 is 18.6. The van der Waals surface area contributed by atoms with Crippen LogP contribution in [0.5, 0.6) is 0 Å². The molecule has 0 atom stereocenters. The summed E-state index contributed by atoms with van der Waals surface area (Å²) in [6.07, 6.45) is 0.810. The molecule has 1 aliphatic heterocycles. The molecule has 0 unspecified atom stereocenters. The lowest BCUT2D eigenvalue weighted by Crippen LogP contribution is -2.68. The van der Waals surface area contributed by atoms with E-state index in [1.165, 1.54) is 12.1 Å². The minimum atomic E-state index is -0.970. The van der Waals surface area contributed by atoms with Crippen molar-refractivity contribution in [1.29, 1.82) is 0 Å². The van der Waals surface area contributed by atoms with Crippen LogP contribution in [-0.4, -0.2) is 34.8 Å². The number of benzene rings is 1. The van der Waals surface area contributed by atoms with Crippen LogP contribution in [0, 0.1) is 11.2 Å². The smallest absolute Gasteiger partial charge is 0.410 e. The Bertz CT molecular complexity index is 594. The number of amides is 1. The standard InChI is InChI=1S/C17H22FNO3/c1-15(2,3)22-14(20)19-10-16(11-19)8-17(21,9-16)12-5-4-6-13(18)7-12/h4-7,21H,8-11H2,1-3H3. The van der Waals surface area contributed by atoms with Crippen molar-refractivity contribution in [2.75, 3.05) is 13.1 Å². The topological polar surface area (TPSA) is 49.8 Å². The first-order valence-electron chi connectivity index (χ1n) is 7.57. The van der Waals surface area contributed by atoms with Gasteiger partial charge in [0.15, 0.2) is 0 Å². The second kappa shape index (κ2) is 4.69. The van der Waals surface area contributed by atoms with Crippen molar-refractivity contribution in [1.82, 2.24) is 4.90 Å². The summed E-state index contributed by atoms with van der Waals surface area (Å²) in [6, 6.07) is 6.12. The van der Waals surface area contributed by atoms with Gasteiger partial charge in [-0.2, -0.15) is 0 Å². The lowest BCUT2D eigenvalue weighted by molar-refractivity contribution is -0.190. The Morgan fingerprint density at radius 1 is 1.32 bits per heavy atom. The monoisotopic (exact) mass is 307 g/mol. The molecule has 2 aliphatic rings. The highest BCUT2D eigenvalue weighted by Crippen LogP contribution is 2.58. The van der Waals surface area contributed by atoms with Crippen LogP contribution < -0.4 is 0 Å². The molecule has 5 heteroatoms. The number of hydrogen-bond acceptors (Lipinski definition) is 3.